The Bertz CT molecular complexity index is 758. The molecule has 0 N–H and O–H groups in total. The van der Waals surface area contributed by atoms with Gasteiger partial charge in [-0.1, -0.05) is 83.0 Å². The van der Waals surface area contributed by atoms with Gasteiger partial charge in [0.15, 0.2) is 6.17 Å². The number of amides is 1. The molecule has 0 aliphatic carbocycles. The lowest BCUT2D eigenvalue weighted by Gasteiger charge is -2.16. The van der Waals surface area contributed by atoms with Gasteiger partial charge >= 0.3 is 0 Å². The minimum absolute atomic E-state index is 0.0888. The number of allylic oxidation sites excluding steroid dienone is 3. The third-order valence-corrected chi connectivity index (χ3v) is 5.57. The van der Waals surface area contributed by atoms with Gasteiger partial charge in [0.25, 0.3) is 5.09 Å². The van der Waals surface area contributed by atoms with E-state index in [2.05, 4.69) is 18.7 Å². The number of rotatable bonds is 19. The van der Waals surface area contributed by atoms with E-state index in [4.69, 9.17) is 4.74 Å². The van der Waals surface area contributed by atoms with Crippen molar-refractivity contribution < 1.29 is 28.2 Å². The number of hydrogen-bond acceptors (Lipinski definition) is 5. The number of carbonyl (C=O) groups excluding carboxylic acids is 1. The van der Waals surface area contributed by atoms with Crippen LogP contribution in [-0.2, 0) is 9.63 Å². The van der Waals surface area contributed by atoms with E-state index in [1.54, 1.807) is 18.0 Å². The van der Waals surface area contributed by atoms with E-state index in [0.29, 0.717) is 38.9 Å². The number of unbranched alkanes of at least 4 members (excludes halogenated alkanes) is 2. The number of ether oxygens (including phenoxy) is 1. The fourth-order valence-corrected chi connectivity index (χ4v) is 3.55. The fraction of sp³-hybridized carbons (Fsp3) is 0.656. The minimum atomic E-state index is -1.03. The zero-order valence-electron chi connectivity index (χ0n) is 26.5. The van der Waals surface area contributed by atoms with Crippen molar-refractivity contribution in [2.45, 2.75) is 98.6 Å². The third kappa shape index (κ3) is 29.8. The molecule has 0 heterocycles. The van der Waals surface area contributed by atoms with Crippen molar-refractivity contribution in [1.82, 2.24) is 4.90 Å². The molecule has 7 nitrogen and oxygen atoms in total. The zero-order chi connectivity index (χ0) is 31.7. The van der Waals surface area contributed by atoms with Gasteiger partial charge in [-0.25, -0.2) is 4.39 Å². The van der Waals surface area contributed by atoms with Crippen LogP contribution >= 0.6 is 0 Å². The highest BCUT2D eigenvalue weighted by molar-refractivity contribution is 5.75. The summed E-state index contributed by atoms with van der Waals surface area (Å²) in [4.78, 5) is 27.4. The van der Waals surface area contributed by atoms with Crippen LogP contribution < -0.4 is 4.74 Å². The SMILES string of the molecule is C/C=C\CCCC(=O)N(C)CCCCO[N+](=O)[O-].CC.CCCC(/C=C/C(F)COc1ccccc1)CCC.CF. The van der Waals surface area contributed by atoms with E-state index in [0.717, 1.165) is 44.3 Å². The number of alkyl halides is 2. The molecule has 1 rings (SSSR count). The first kappa shape index (κ1) is 42.5. The van der Waals surface area contributed by atoms with E-state index in [1.165, 1.54) is 0 Å². The van der Waals surface area contributed by atoms with E-state index in [9.17, 15) is 23.7 Å². The maximum atomic E-state index is 13.7. The molecular weight excluding hydrogens is 530 g/mol. The van der Waals surface area contributed by atoms with Crippen LogP contribution in [0.15, 0.2) is 54.6 Å². The molecule has 9 heteroatoms. The second-order valence-corrected chi connectivity index (χ2v) is 8.90. The average molecular weight is 587 g/mol. The molecule has 1 aromatic rings. The largest absolute Gasteiger partial charge is 0.490 e. The van der Waals surface area contributed by atoms with E-state index < -0.39 is 11.3 Å². The Kier molecular flexibility index (Phi) is 34.5. The Balaban J connectivity index is -0.000000629. The van der Waals surface area contributed by atoms with Crippen molar-refractivity contribution in [3.05, 3.63) is 64.8 Å². The van der Waals surface area contributed by atoms with Crippen molar-refractivity contribution >= 4 is 5.91 Å². The predicted molar refractivity (Wildman–Crippen MR) is 166 cm³/mol. The van der Waals surface area contributed by atoms with Gasteiger partial charge in [-0.3, -0.25) is 9.18 Å². The summed E-state index contributed by atoms with van der Waals surface area (Å²) < 4.78 is 28.6. The number of benzene rings is 1. The molecule has 1 unspecified atom stereocenters. The minimum Gasteiger partial charge on any atom is -0.490 e. The summed E-state index contributed by atoms with van der Waals surface area (Å²) in [5.41, 5.74) is 0. The molecular formula is C32H56F2N2O5. The molecule has 0 fully saturated rings. The molecule has 1 aromatic carbocycles. The lowest BCUT2D eigenvalue weighted by Crippen LogP contribution is -2.27. The lowest BCUT2D eigenvalue weighted by atomic mass is 9.97. The zero-order valence-corrected chi connectivity index (χ0v) is 26.5. The Labute approximate surface area is 248 Å². The van der Waals surface area contributed by atoms with Gasteiger partial charge in [0.1, 0.15) is 12.4 Å². The summed E-state index contributed by atoms with van der Waals surface area (Å²) in [5, 5.41) is 9.09. The van der Waals surface area contributed by atoms with Gasteiger partial charge in [-0.15, -0.1) is 10.1 Å². The summed E-state index contributed by atoms with van der Waals surface area (Å²) in [6.07, 6.45) is 14.8. The monoisotopic (exact) mass is 586 g/mol. The third-order valence-electron chi connectivity index (χ3n) is 5.57. The number of hydrogen-bond donors (Lipinski definition) is 0. The summed E-state index contributed by atoms with van der Waals surface area (Å²) in [6, 6.07) is 9.37. The van der Waals surface area contributed by atoms with Crippen molar-refractivity contribution in [1.29, 1.82) is 0 Å². The van der Waals surface area contributed by atoms with Gasteiger partial charge in [0.2, 0.25) is 5.91 Å². The van der Waals surface area contributed by atoms with Crippen LogP contribution in [0, 0.1) is 16.0 Å². The fourth-order valence-electron chi connectivity index (χ4n) is 3.55. The smallest absolute Gasteiger partial charge is 0.294 e. The van der Waals surface area contributed by atoms with Crippen LogP contribution in [0.25, 0.3) is 0 Å². The lowest BCUT2D eigenvalue weighted by molar-refractivity contribution is -0.757. The molecule has 1 amide bonds. The average Bonchev–Trinajstić information content (AvgIpc) is 2.99. The molecule has 0 aliphatic rings. The van der Waals surface area contributed by atoms with Crippen molar-refractivity contribution in [2.75, 3.05) is 34.0 Å². The molecule has 0 aliphatic heterocycles. The second-order valence-electron chi connectivity index (χ2n) is 8.90. The number of nitrogens with zero attached hydrogens (tertiary/aromatic N) is 2. The molecule has 238 valence electrons. The molecule has 41 heavy (non-hydrogen) atoms. The summed E-state index contributed by atoms with van der Waals surface area (Å²) in [7, 11) is 2.26. The van der Waals surface area contributed by atoms with Gasteiger partial charge in [0, 0.05) is 20.0 Å². The van der Waals surface area contributed by atoms with E-state index in [-0.39, 0.29) is 19.1 Å². The quantitative estimate of drug-likeness (QED) is 0.0699. The van der Waals surface area contributed by atoms with Crippen molar-refractivity contribution in [3.8, 4) is 5.75 Å². The molecule has 0 radical (unpaired) electrons. The number of carbonyl (C=O) groups is 1. The maximum Gasteiger partial charge on any atom is 0.294 e. The van der Waals surface area contributed by atoms with Crippen LogP contribution in [0.5, 0.6) is 5.75 Å². The first-order valence-electron chi connectivity index (χ1n) is 14.8. The van der Waals surface area contributed by atoms with Gasteiger partial charge < -0.3 is 14.5 Å². The highest BCUT2D eigenvalue weighted by Gasteiger charge is 2.08. The number of para-hydroxylation sites is 1. The Morgan fingerprint density at radius 3 is 2.20 bits per heavy atom. The van der Waals surface area contributed by atoms with Crippen LogP contribution in [0.2, 0.25) is 0 Å². The van der Waals surface area contributed by atoms with Gasteiger partial charge in [-0.05, 0) is 63.5 Å². The van der Waals surface area contributed by atoms with E-state index in [1.807, 2.05) is 69.3 Å². The number of halogens is 2. The Hall–Kier alpha value is -2.97. The highest BCUT2D eigenvalue weighted by Crippen LogP contribution is 2.16. The molecule has 0 saturated heterocycles. The molecule has 0 saturated carbocycles. The molecule has 0 spiro atoms. The first-order valence-corrected chi connectivity index (χ1v) is 14.8. The van der Waals surface area contributed by atoms with Crippen molar-refractivity contribution in [3.63, 3.8) is 0 Å². The Morgan fingerprint density at radius 2 is 1.66 bits per heavy atom. The predicted octanol–water partition coefficient (Wildman–Crippen LogP) is 8.97. The topological polar surface area (TPSA) is 81.9 Å². The summed E-state index contributed by atoms with van der Waals surface area (Å²) in [5.74, 6) is 1.34. The standard InChI is InChI=1S/C17H25FO.C12H22N2O4.C2H6.CH3F/c1-3-8-15(9-4-2)12-13-16(18)14-19-17-10-6-5-7-11-17;1-3-4-5-6-9-12(15)13(2)10-7-8-11-18-14(16)17;2*1-2/h5-7,10-13,15-16H,3-4,8-9,14H2,1-2H3;3-4H,5-11H2,1-2H3;1-2H3;1H3/b13-12+;4-3-;;. The van der Waals surface area contributed by atoms with Gasteiger partial charge in [0.05, 0.1) is 13.8 Å². The summed E-state index contributed by atoms with van der Waals surface area (Å²) in [6.45, 7) is 11.1. The van der Waals surface area contributed by atoms with Gasteiger partial charge in [-0.2, -0.15) is 0 Å². The van der Waals surface area contributed by atoms with E-state index >= 15 is 0 Å². The van der Waals surface area contributed by atoms with Crippen LogP contribution in [0.3, 0.4) is 0 Å². The molecule has 0 bridgehead atoms. The highest BCUT2D eigenvalue weighted by atomic mass is 19.1. The second kappa shape index (κ2) is 33.2. The van der Waals surface area contributed by atoms with Crippen LogP contribution in [-0.4, -0.2) is 56.0 Å². The molecule has 1 atom stereocenters. The van der Waals surface area contributed by atoms with Crippen molar-refractivity contribution in [2.24, 2.45) is 5.92 Å². The maximum absolute atomic E-state index is 13.7. The Morgan fingerprint density at radius 1 is 1.05 bits per heavy atom. The first-order chi connectivity index (χ1) is 19.8. The summed E-state index contributed by atoms with van der Waals surface area (Å²) >= 11 is 0. The van der Waals surface area contributed by atoms with Crippen LogP contribution in [0.1, 0.15) is 92.4 Å². The normalized spacial score (nSPS) is 11.0. The van der Waals surface area contributed by atoms with Crippen LogP contribution in [0.4, 0.5) is 8.78 Å². The molecule has 0 aromatic heterocycles.